The summed E-state index contributed by atoms with van der Waals surface area (Å²) in [5.41, 5.74) is 2.60. The minimum atomic E-state index is -0.219. The molecule has 0 spiro atoms. The van der Waals surface area contributed by atoms with Gasteiger partial charge in [0.05, 0.1) is 0 Å². The lowest BCUT2D eigenvalue weighted by molar-refractivity contribution is 0.0709. The Bertz CT molecular complexity index is 1050. The van der Waals surface area contributed by atoms with Crippen molar-refractivity contribution >= 4 is 5.91 Å². The maximum absolute atomic E-state index is 13.1. The zero-order chi connectivity index (χ0) is 19.1. The van der Waals surface area contributed by atoms with E-state index in [-0.39, 0.29) is 18.7 Å². The van der Waals surface area contributed by atoms with E-state index in [1.54, 1.807) is 23.1 Å². The van der Waals surface area contributed by atoms with Gasteiger partial charge in [-0.3, -0.25) is 4.79 Å². The van der Waals surface area contributed by atoms with Crippen molar-refractivity contribution in [2.75, 3.05) is 13.3 Å². The number of carbonyl (C=O) groups is 1. The molecule has 2 aliphatic heterocycles. The van der Waals surface area contributed by atoms with Gasteiger partial charge in [-0.15, -0.1) is 0 Å². The fourth-order valence-electron chi connectivity index (χ4n) is 3.73. The summed E-state index contributed by atoms with van der Waals surface area (Å²) in [5.74, 6) is 2.20. The molecule has 1 atom stereocenters. The van der Waals surface area contributed by atoms with Gasteiger partial charge in [-0.1, -0.05) is 28.9 Å². The first-order valence-electron chi connectivity index (χ1n) is 9.30. The molecule has 2 aromatic carbocycles. The smallest absolute Gasteiger partial charge is 0.254 e. The van der Waals surface area contributed by atoms with Crippen LogP contribution in [0.5, 0.6) is 11.5 Å². The highest BCUT2D eigenvalue weighted by atomic mass is 16.7. The van der Waals surface area contributed by atoms with Gasteiger partial charge in [0.25, 0.3) is 5.91 Å². The maximum Gasteiger partial charge on any atom is 0.254 e. The van der Waals surface area contributed by atoms with Gasteiger partial charge >= 0.3 is 0 Å². The van der Waals surface area contributed by atoms with Gasteiger partial charge in [-0.25, -0.2) is 0 Å². The van der Waals surface area contributed by atoms with Crippen LogP contribution in [0.1, 0.15) is 40.7 Å². The molecule has 1 fully saturated rings. The average molecular weight is 377 g/mol. The summed E-state index contributed by atoms with van der Waals surface area (Å²) in [6.45, 7) is 2.86. The number of carbonyl (C=O) groups excluding carboxylic acids is 1. The Morgan fingerprint density at radius 2 is 2.04 bits per heavy atom. The quantitative estimate of drug-likeness (QED) is 0.692. The van der Waals surface area contributed by atoms with Crippen molar-refractivity contribution in [3.05, 3.63) is 59.5 Å². The second kappa shape index (κ2) is 6.67. The Balaban J connectivity index is 1.40. The molecule has 0 N–H and O–H groups in total. The van der Waals surface area contributed by atoms with E-state index in [1.165, 1.54) is 0 Å². The van der Waals surface area contributed by atoms with E-state index < -0.39 is 0 Å². The molecule has 0 radical (unpaired) electrons. The molecule has 1 saturated heterocycles. The van der Waals surface area contributed by atoms with E-state index in [1.807, 2.05) is 31.2 Å². The third-order valence-electron chi connectivity index (χ3n) is 5.14. The van der Waals surface area contributed by atoms with Crippen LogP contribution < -0.4 is 9.47 Å². The fraction of sp³-hybridized carbons (Fsp3) is 0.286. The van der Waals surface area contributed by atoms with Crippen LogP contribution in [0.3, 0.4) is 0 Å². The summed E-state index contributed by atoms with van der Waals surface area (Å²) in [6.07, 6.45) is 1.69. The molecule has 3 aromatic rings. The van der Waals surface area contributed by atoms with E-state index in [2.05, 4.69) is 10.1 Å². The predicted octanol–water partition coefficient (Wildman–Crippen LogP) is 3.75. The minimum Gasteiger partial charge on any atom is -0.454 e. The Morgan fingerprint density at radius 1 is 1.14 bits per heavy atom. The first-order chi connectivity index (χ1) is 13.7. The Hall–Kier alpha value is -3.35. The second-order valence-corrected chi connectivity index (χ2v) is 7.05. The van der Waals surface area contributed by atoms with E-state index in [0.29, 0.717) is 35.3 Å². The van der Waals surface area contributed by atoms with Crippen LogP contribution in [0, 0.1) is 6.92 Å². The van der Waals surface area contributed by atoms with E-state index in [4.69, 9.17) is 14.0 Å². The van der Waals surface area contributed by atoms with Crippen molar-refractivity contribution < 1.29 is 18.8 Å². The number of nitrogens with zero attached hydrogens (tertiary/aromatic N) is 3. The zero-order valence-corrected chi connectivity index (χ0v) is 15.4. The van der Waals surface area contributed by atoms with Crippen molar-refractivity contribution in [2.45, 2.75) is 25.8 Å². The van der Waals surface area contributed by atoms with Crippen LogP contribution in [0.15, 0.2) is 47.0 Å². The third kappa shape index (κ3) is 2.89. The number of aryl methyl sites for hydroxylation is 1. The van der Waals surface area contributed by atoms with Crippen molar-refractivity contribution in [2.24, 2.45) is 0 Å². The van der Waals surface area contributed by atoms with E-state index in [9.17, 15) is 4.79 Å². The molecule has 3 heterocycles. The number of hydrogen-bond acceptors (Lipinski definition) is 6. The standard InChI is InChI=1S/C21H19N3O4/c1-13-4-2-5-14(10-13)19-22-20(28-23-19)16-6-3-9-24(16)21(25)15-7-8-17-18(11-15)27-12-26-17/h2,4-5,7-8,10-11,16H,3,6,9,12H2,1H3/t16-/m1/s1. The third-order valence-corrected chi connectivity index (χ3v) is 5.14. The number of benzene rings is 2. The van der Waals surface area contributed by atoms with Gasteiger partial charge < -0.3 is 18.9 Å². The van der Waals surface area contributed by atoms with Crippen LogP contribution in [0.4, 0.5) is 0 Å². The van der Waals surface area contributed by atoms with Crippen molar-refractivity contribution in [3.8, 4) is 22.9 Å². The molecule has 0 saturated carbocycles. The number of rotatable bonds is 3. The number of likely N-dealkylation sites (tertiary alicyclic amines) is 1. The number of hydrogen-bond donors (Lipinski definition) is 0. The molecule has 7 heteroatoms. The Morgan fingerprint density at radius 3 is 2.93 bits per heavy atom. The summed E-state index contributed by atoms with van der Waals surface area (Å²) in [5, 5.41) is 4.13. The number of aromatic nitrogens is 2. The topological polar surface area (TPSA) is 77.7 Å². The van der Waals surface area contributed by atoms with Gasteiger partial charge in [0.2, 0.25) is 18.5 Å². The molecule has 0 aliphatic carbocycles. The molecular weight excluding hydrogens is 358 g/mol. The molecule has 0 unspecified atom stereocenters. The maximum atomic E-state index is 13.1. The summed E-state index contributed by atoms with van der Waals surface area (Å²) in [6, 6.07) is 13.0. The van der Waals surface area contributed by atoms with Crippen LogP contribution in [0.2, 0.25) is 0 Å². The van der Waals surface area contributed by atoms with Crippen LogP contribution >= 0.6 is 0 Å². The lowest BCUT2D eigenvalue weighted by Gasteiger charge is -2.22. The van der Waals surface area contributed by atoms with Crippen LogP contribution in [0.25, 0.3) is 11.4 Å². The predicted molar refractivity (Wildman–Crippen MR) is 100 cm³/mol. The Kier molecular flexibility index (Phi) is 4.00. The first kappa shape index (κ1) is 16.8. The molecule has 0 bridgehead atoms. The van der Waals surface area contributed by atoms with E-state index in [0.717, 1.165) is 24.0 Å². The summed E-state index contributed by atoms with van der Waals surface area (Å²) < 4.78 is 16.2. The fourth-order valence-corrected chi connectivity index (χ4v) is 3.73. The molecule has 28 heavy (non-hydrogen) atoms. The monoisotopic (exact) mass is 377 g/mol. The van der Waals surface area contributed by atoms with Gasteiger partial charge in [-0.05, 0) is 44.0 Å². The molecule has 5 rings (SSSR count). The number of fused-ring (bicyclic) bond motifs is 1. The minimum absolute atomic E-state index is 0.0731. The zero-order valence-electron chi connectivity index (χ0n) is 15.4. The summed E-state index contributed by atoms with van der Waals surface area (Å²) in [4.78, 5) is 19.5. The molecule has 2 aliphatic rings. The SMILES string of the molecule is Cc1cccc(-c2noc([C@H]3CCCN3C(=O)c3ccc4c(c3)OCO4)n2)c1. The largest absolute Gasteiger partial charge is 0.454 e. The number of ether oxygens (including phenoxy) is 2. The molecule has 1 amide bonds. The molecular formula is C21H19N3O4. The first-order valence-corrected chi connectivity index (χ1v) is 9.30. The molecule has 1 aromatic heterocycles. The molecule has 142 valence electrons. The van der Waals surface area contributed by atoms with Crippen molar-refractivity contribution in [1.82, 2.24) is 15.0 Å². The van der Waals surface area contributed by atoms with Gasteiger partial charge in [0, 0.05) is 17.7 Å². The Labute approximate surface area is 161 Å². The normalized spacial score (nSPS) is 17.9. The highest BCUT2D eigenvalue weighted by Gasteiger charge is 2.35. The van der Waals surface area contributed by atoms with Crippen molar-refractivity contribution in [3.63, 3.8) is 0 Å². The van der Waals surface area contributed by atoms with Crippen LogP contribution in [-0.2, 0) is 0 Å². The molecule has 7 nitrogen and oxygen atoms in total. The number of amides is 1. The van der Waals surface area contributed by atoms with Crippen molar-refractivity contribution in [1.29, 1.82) is 0 Å². The lowest BCUT2D eigenvalue weighted by atomic mass is 10.1. The second-order valence-electron chi connectivity index (χ2n) is 7.05. The van der Waals surface area contributed by atoms with E-state index >= 15 is 0 Å². The average Bonchev–Trinajstić information content (AvgIpc) is 3.46. The van der Waals surface area contributed by atoms with Gasteiger partial charge in [0.15, 0.2) is 11.5 Å². The summed E-state index contributed by atoms with van der Waals surface area (Å²) in [7, 11) is 0. The highest BCUT2D eigenvalue weighted by molar-refractivity contribution is 5.95. The highest BCUT2D eigenvalue weighted by Crippen LogP contribution is 2.36. The van der Waals surface area contributed by atoms with Crippen LogP contribution in [-0.4, -0.2) is 34.3 Å². The summed E-state index contributed by atoms with van der Waals surface area (Å²) >= 11 is 0. The van der Waals surface area contributed by atoms with Gasteiger partial charge in [0.1, 0.15) is 6.04 Å². The lowest BCUT2D eigenvalue weighted by Crippen LogP contribution is -2.30. The van der Waals surface area contributed by atoms with Gasteiger partial charge in [-0.2, -0.15) is 4.98 Å².